The van der Waals surface area contributed by atoms with Crippen LogP contribution in [-0.2, 0) is 11.3 Å². The second-order valence-electron chi connectivity index (χ2n) is 5.16. The summed E-state index contributed by atoms with van der Waals surface area (Å²) < 4.78 is 0. The molecular formula is C14H24N4O. The predicted octanol–water partition coefficient (Wildman–Crippen LogP) is 0.709. The SMILES string of the molecule is CC(N)CC(=O)N(CCN(C)C)Cc1cccnc1. The predicted molar refractivity (Wildman–Crippen MR) is 76.5 cm³/mol. The molecule has 106 valence electrons. The van der Waals surface area contributed by atoms with Crippen LogP contribution in [0.4, 0.5) is 0 Å². The van der Waals surface area contributed by atoms with Crippen LogP contribution in [0.1, 0.15) is 18.9 Å². The zero-order valence-corrected chi connectivity index (χ0v) is 12.0. The molecule has 0 aromatic carbocycles. The molecule has 5 nitrogen and oxygen atoms in total. The number of hydrogen-bond acceptors (Lipinski definition) is 4. The van der Waals surface area contributed by atoms with E-state index >= 15 is 0 Å². The largest absolute Gasteiger partial charge is 0.337 e. The molecule has 1 unspecified atom stereocenters. The normalized spacial score (nSPS) is 12.5. The highest BCUT2D eigenvalue weighted by atomic mass is 16.2. The number of aromatic nitrogens is 1. The van der Waals surface area contributed by atoms with E-state index in [4.69, 9.17) is 5.73 Å². The van der Waals surface area contributed by atoms with Crippen LogP contribution in [0, 0.1) is 0 Å². The summed E-state index contributed by atoms with van der Waals surface area (Å²) in [5.41, 5.74) is 6.75. The highest BCUT2D eigenvalue weighted by Crippen LogP contribution is 2.06. The number of likely N-dealkylation sites (N-methyl/N-ethyl adjacent to an activating group) is 1. The van der Waals surface area contributed by atoms with Gasteiger partial charge in [-0.25, -0.2) is 0 Å². The Bertz CT molecular complexity index is 378. The van der Waals surface area contributed by atoms with Gasteiger partial charge in [0.2, 0.25) is 5.91 Å². The van der Waals surface area contributed by atoms with Crippen molar-refractivity contribution >= 4 is 5.91 Å². The average molecular weight is 264 g/mol. The maximum atomic E-state index is 12.2. The lowest BCUT2D eigenvalue weighted by molar-refractivity contribution is -0.132. The number of amides is 1. The van der Waals surface area contributed by atoms with E-state index in [1.165, 1.54) is 0 Å². The topological polar surface area (TPSA) is 62.5 Å². The standard InChI is InChI=1S/C14H24N4O/c1-12(15)9-14(19)18(8-7-17(2)3)11-13-5-4-6-16-10-13/h4-6,10,12H,7-9,11,15H2,1-3H3. The zero-order chi connectivity index (χ0) is 14.3. The van der Waals surface area contributed by atoms with Crippen LogP contribution in [0.3, 0.4) is 0 Å². The van der Waals surface area contributed by atoms with E-state index in [-0.39, 0.29) is 11.9 Å². The average Bonchev–Trinajstić information content (AvgIpc) is 2.34. The number of nitrogens with zero attached hydrogens (tertiary/aromatic N) is 3. The summed E-state index contributed by atoms with van der Waals surface area (Å²) >= 11 is 0. The smallest absolute Gasteiger partial charge is 0.224 e. The van der Waals surface area contributed by atoms with Gasteiger partial charge in [-0.05, 0) is 32.6 Å². The summed E-state index contributed by atoms with van der Waals surface area (Å²) in [4.78, 5) is 20.2. The molecule has 0 aliphatic rings. The van der Waals surface area contributed by atoms with Crippen molar-refractivity contribution in [3.63, 3.8) is 0 Å². The van der Waals surface area contributed by atoms with Gasteiger partial charge in [-0.3, -0.25) is 9.78 Å². The summed E-state index contributed by atoms with van der Waals surface area (Å²) in [7, 11) is 4.00. The molecule has 5 heteroatoms. The monoisotopic (exact) mass is 264 g/mol. The van der Waals surface area contributed by atoms with Crippen molar-refractivity contribution in [1.82, 2.24) is 14.8 Å². The van der Waals surface area contributed by atoms with Gasteiger partial charge in [-0.1, -0.05) is 6.07 Å². The van der Waals surface area contributed by atoms with Gasteiger partial charge in [0.05, 0.1) is 0 Å². The first kappa shape index (κ1) is 15.6. The van der Waals surface area contributed by atoms with Crippen LogP contribution >= 0.6 is 0 Å². The van der Waals surface area contributed by atoms with E-state index in [1.54, 1.807) is 12.4 Å². The summed E-state index contributed by atoms with van der Waals surface area (Å²) in [5, 5.41) is 0. The lowest BCUT2D eigenvalue weighted by Gasteiger charge is -2.25. The molecule has 1 atom stereocenters. The Morgan fingerprint density at radius 2 is 2.16 bits per heavy atom. The molecule has 1 aromatic rings. The first-order valence-corrected chi connectivity index (χ1v) is 6.56. The van der Waals surface area contributed by atoms with Gasteiger partial charge >= 0.3 is 0 Å². The van der Waals surface area contributed by atoms with Crippen LogP contribution in [0.25, 0.3) is 0 Å². The van der Waals surface area contributed by atoms with Crippen molar-refractivity contribution in [2.24, 2.45) is 5.73 Å². The Labute approximate surface area is 115 Å². The first-order valence-electron chi connectivity index (χ1n) is 6.56. The van der Waals surface area contributed by atoms with E-state index in [1.807, 2.05) is 38.1 Å². The fourth-order valence-corrected chi connectivity index (χ4v) is 1.73. The van der Waals surface area contributed by atoms with Crippen molar-refractivity contribution in [2.75, 3.05) is 27.2 Å². The molecule has 1 aromatic heterocycles. The first-order chi connectivity index (χ1) is 8.99. The van der Waals surface area contributed by atoms with Crippen molar-refractivity contribution in [2.45, 2.75) is 25.9 Å². The molecule has 1 rings (SSSR count). The van der Waals surface area contributed by atoms with Gasteiger partial charge in [0.25, 0.3) is 0 Å². The van der Waals surface area contributed by atoms with E-state index in [0.29, 0.717) is 19.5 Å². The minimum atomic E-state index is -0.108. The molecule has 1 amide bonds. The fraction of sp³-hybridized carbons (Fsp3) is 0.571. The van der Waals surface area contributed by atoms with Crippen molar-refractivity contribution in [3.8, 4) is 0 Å². The molecule has 0 radical (unpaired) electrons. The summed E-state index contributed by atoms with van der Waals surface area (Å²) in [6, 6.07) is 3.76. The second kappa shape index (κ2) is 7.86. The summed E-state index contributed by atoms with van der Waals surface area (Å²) in [6.45, 7) is 3.98. The number of carbonyl (C=O) groups excluding carboxylic acids is 1. The Hall–Kier alpha value is -1.46. The summed E-state index contributed by atoms with van der Waals surface area (Å²) in [6.07, 6.45) is 3.91. The Balaban J connectivity index is 2.65. The van der Waals surface area contributed by atoms with E-state index in [2.05, 4.69) is 9.88 Å². The van der Waals surface area contributed by atoms with E-state index < -0.39 is 0 Å². The zero-order valence-electron chi connectivity index (χ0n) is 12.0. The number of pyridine rings is 1. The fourth-order valence-electron chi connectivity index (χ4n) is 1.73. The Morgan fingerprint density at radius 1 is 1.42 bits per heavy atom. The molecule has 0 spiro atoms. The third-order valence-electron chi connectivity index (χ3n) is 2.76. The molecule has 0 aliphatic carbocycles. The Morgan fingerprint density at radius 3 is 2.68 bits per heavy atom. The van der Waals surface area contributed by atoms with Gasteiger partial charge in [-0.15, -0.1) is 0 Å². The number of hydrogen-bond donors (Lipinski definition) is 1. The highest BCUT2D eigenvalue weighted by molar-refractivity contribution is 5.76. The van der Waals surface area contributed by atoms with Crippen molar-refractivity contribution in [1.29, 1.82) is 0 Å². The molecule has 0 bridgehead atoms. The maximum absolute atomic E-state index is 12.2. The van der Waals surface area contributed by atoms with Crippen LogP contribution in [0.15, 0.2) is 24.5 Å². The Kier molecular flexibility index (Phi) is 6.45. The lowest BCUT2D eigenvalue weighted by atomic mass is 10.2. The number of rotatable bonds is 7. The molecule has 1 heterocycles. The third kappa shape index (κ3) is 6.31. The lowest BCUT2D eigenvalue weighted by Crippen LogP contribution is -2.38. The quantitative estimate of drug-likeness (QED) is 0.788. The van der Waals surface area contributed by atoms with Gasteiger partial charge in [0.1, 0.15) is 0 Å². The van der Waals surface area contributed by atoms with Crippen LogP contribution in [0.5, 0.6) is 0 Å². The van der Waals surface area contributed by atoms with Gasteiger partial charge < -0.3 is 15.5 Å². The van der Waals surface area contributed by atoms with Gasteiger partial charge in [0.15, 0.2) is 0 Å². The molecule has 0 fully saturated rings. The second-order valence-corrected chi connectivity index (χ2v) is 5.16. The maximum Gasteiger partial charge on any atom is 0.224 e. The van der Waals surface area contributed by atoms with Crippen LogP contribution < -0.4 is 5.73 Å². The highest BCUT2D eigenvalue weighted by Gasteiger charge is 2.15. The molecular weight excluding hydrogens is 240 g/mol. The molecule has 19 heavy (non-hydrogen) atoms. The third-order valence-corrected chi connectivity index (χ3v) is 2.76. The van der Waals surface area contributed by atoms with E-state index in [0.717, 1.165) is 12.1 Å². The molecule has 0 saturated heterocycles. The van der Waals surface area contributed by atoms with Crippen molar-refractivity contribution < 1.29 is 4.79 Å². The van der Waals surface area contributed by atoms with Gasteiger partial charge in [-0.2, -0.15) is 0 Å². The minimum absolute atomic E-state index is 0.0979. The van der Waals surface area contributed by atoms with Crippen LogP contribution in [0.2, 0.25) is 0 Å². The van der Waals surface area contributed by atoms with Crippen LogP contribution in [-0.4, -0.2) is 53.9 Å². The molecule has 0 aliphatic heterocycles. The molecule has 0 saturated carbocycles. The van der Waals surface area contributed by atoms with Gasteiger partial charge in [0, 0.05) is 44.5 Å². The number of carbonyl (C=O) groups is 1. The van der Waals surface area contributed by atoms with E-state index in [9.17, 15) is 4.79 Å². The van der Waals surface area contributed by atoms with Crippen molar-refractivity contribution in [3.05, 3.63) is 30.1 Å². The summed E-state index contributed by atoms with van der Waals surface area (Å²) in [5.74, 6) is 0.0979. The number of nitrogens with two attached hydrogens (primary N) is 1. The minimum Gasteiger partial charge on any atom is -0.337 e. The molecule has 2 N–H and O–H groups in total.